The van der Waals surface area contributed by atoms with Crippen LogP contribution < -0.4 is 10.0 Å². The van der Waals surface area contributed by atoms with E-state index in [1.165, 1.54) is 0 Å². The van der Waals surface area contributed by atoms with Crippen LogP contribution in [0.3, 0.4) is 0 Å². The van der Waals surface area contributed by atoms with Crippen LogP contribution in [-0.4, -0.2) is 47.5 Å². The second-order valence-electron chi connectivity index (χ2n) is 3.33. The number of hydrogen-bond donors (Lipinski definition) is 2. The fraction of sp³-hybridized carbons (Fsp3) is 0.778. The Morgan fingerprint density at radius 1 is 1.40 bits per heavy atom. The van der Waals surface area contributed by atoms with Crippen molar-refractivity contribution < 1.29 is 13.2 Å². The van der Waals surface area contributed by atoms with Gasteiger partial charge in [0.25, 0.3) is 0 Å². The Hall–Kier alpha value is -0.430. The highest BCUT2D eigenvalue weighted by Crippen LogP contribution is 1.87. The van der Waals surface area contributed by atoms with Gasteiger partial charge in [-0.15, -0.1) is 0 Å². The van der Waals surface area contributed by atoms with Crippen molar-refractivity contribution in [3.8, 4) is 0 Å². The third-order valence-corrected chi connectivity index (χ3v) is 2.92. The highest BCUT2D eigenvalue weighted by molar-refractivity contribution is 7.89. The van der Waals surface area contributed by atoms with E-state index in [9.17, 15) is 8.42 Å². The van der Waals surface area contributed by atoms with Crippen LogP contribution in [0.2, 0.25) is 0 Å². The lowest BCUT2D eigenvalue weighted by Crippen LogP contribution is -2.33. The lowest BCUT2D eigenvalue weighted by Gasteiger charge is -2.06. The molecule has 0 aliphatic carbocycles. The highest BCUT2D eigenvalue weighted by atomic mass is 32.2. The molecule has 0 saturated heterocycles. The van der Waals surface area contributed by atoms with E-state index >= 15 is 0 Å². The minimum absolute atomic E-state index is 0.0873. The molecule has 2 N–H and O–H groups in total. The molecule has 0 heterocycles. The normalized spacial score (nSPS) is 11.6. The molecule has 0 spiro atoms. The Bertz CT molecular complexity index is 275. The summed E-state index contributed by atoms with van der Waals surface area (Å²) in [6, 6.07) is 0. The summed E-state index contributed by atoms with van der Waals surface area (Å²) < 4.78 is 30.1. The van der Waals surface area contributed by atoms with E-state index in [1.54, 1.807) is 7.05 Å². The smallest absolute Gasteiger partial charge is 0.212 e. The quantitative estimate of drug-likeness (QED) is 0.427. The molecular weight excluding hydrogens is 216 g/mol. The third-order valence-electron chi connectivity index (χ3n) is 1.54. The molecule has 0 aromatic heterocycles. The maximum absolute atomic E-state index is 11.3. The summed E-state index contributed by atoms with van der Waals surface area (Å²) in [4.78, 5) is 0. The molecule has 0 saturated carbocycles. The summed E-state index contributed by atoms with van der Waals surface area (Å²) in [6.45, 7) is 7.12. The zero-order valence-electron chi connectivity index (χ0n) is 9.38. The Morgan fingerprint density at radius 3 is 2.60 bits per heavy atom. The number of rotatable bonds is 9. The van der Waals surface area contributed by atoms with Crippen LogP contribution in [0, 0.1) is 0 Å². The molecule has 15 heavy (non-hydrogen) atoms. The highest BCUT2D eigenvalue weighted by Gasteiger charge is 2.07. The molecule has 0 atom stereocenters. The van der Waals surface area contributed by atoms with Crippen molar-refractivity contribution in [2.45, 2.75) is 6.92 Å². The fourth-order valence-corrected chi connectivity index (χ4v) is 1.84. The average Bonchev–Trinajstić information content (AvgIpc) is 2.14. The lowest BCUT2D eigenvalue weighted by atomic mass is 10.4. The third kappa shape index (κ3) is 9.86. The Morgan fingerprint density at radius 2 is 2.07 bits per heavy atom. The van der Waals surface area contributed by atoms with Crippen molar-refractivity contribution in [2.24, 2.45) is 0 Å². The first-order valence-corrected chi connectivity index (χ1v) is 6.47. The zero-order valence-corrected chi connectivity index (χ0v) is 10.2. The van der Waals surface area contributed by atoms with Gasteiger partial charge in [0.2, 0.25) is 10.0 Å². The van der Waals surface area contributed by atoms with E-state index in [1.807, 2.05) is 6.92 Å². The molecule has 0 aromatic rings. The van der Waals surface area contributed by atoms with E-state index in [-0.39, 0.29) is 5.75 Å². The number of ether oxygens (including phenoxy) is 1. The monoisotopic (exact) mass is 236 g/mol. The van der Waals surface area contributed by atoms with Gasteiger partial charge in [-0.1, -0.05) is 12.2 Å². The van der Waals surface area contributed by atoms with Gasteiger partial charge >= 0.3 is 0 Å². The van der Waals surface area contributed by atoms with E-state index in [2.05, 4.69) is 16.6 Å². The van der Waals surface area contributed by atoms with Crippen molar-refractivity contribution >= 4 is 10.0 Å². The minimum Gasteiger partial charge on any atom is -0.376 e. The van der Waals surface area contributed by atoms with Crippen molar-refractivity contribution in [3.05, 3.63) is 12.2 Å². The molecule has 0 rings (SSSR count). The molecule has 5 nitrogen and oxygen atoms in total. The molecule has 0 bridgehead atoms. The first kappa shape index (κ1) is 14.6. The Kier molecular flexibility index (Phi) is 7.59. The molecule has 0 fully saturated rings. The predicted octanol–water partition coefficient (Wildman–Crippen LogP) is -0.282. The second-order valence-corrected chi connectivity index (χ2v) is 5.25. The van der Waals surface area contributed by atoms with Gasteiger partial charge in [-0.2, -0.15) is 0 Å². The maximum atomic E-state index is 11.3. The molecular formula is C9H20N2O3S. The van der Waals surface area contributed by atoms with E-state index < -0.39 is 10.0 Å². The van der Waals surface area contributed by atoms with Crippen LogP contribution in [0.5, 0.6) is 0 Å². The van der Waals surface area contributed by atoms with E-state index in [0.29, 0.717) is 26.3 Å². The predicted molar refractivity (Wildman–Crippen MR) is 61.3 cm³/mol. The van der Waals surface area contributed by atoms with Crippen LogP contribution in [0.25, 0.3) is 0 Å². The summed E-state index contributed by atoms with van der Waals surface area (Å²) >= 11 is 0. The average molecular weight is 236 g/mol. The second kappa shape index (κ2) is 7.81. The molecule has 6 heteroatoms. The van der Waals surface area contributed by atoms with Gasteiger partial charge in [-0.05, 0) is 14.0 Å². The largest absolute Gasteiger partial charge is 0.376 e. The summed E-state index contributed by atoms with van der Waals surface area (Å²) in [5.74, 6) is 0.0873. The van der Waals surface area contributed by atoms with Gasteiger partial charge in [0.05, 0.1) is 19.0 Å². The van der Waals surface area contributed by atoms with Crippen molar-refractivity contribution in [1.29, 1.82) is 0 Å². The molecule has 0 aliphatic heterocycles. The van der Waals surface area contributed by atoms with Gasteiger partial charge in [0, 0.05) is 13.1 Å². The zero-order chi connectivity index (χ0) is 11.7. The number of sulfonamides is 1. The standard InChI is InChI=1S/C9H20N2O3S/c1-9(2)8-14-6-4-11-15(12,13)7-5-10-3/h10-11H,1,4-8H2,2-3H3. The fourth-order valence-electron chi connectivity index (χ4n) is 0.824. The van der Waals surface area contributed by atoms with E-state index in [4.69, 9.17) is 4.74 Å². The Balaban J connectivity index is 3.53. The van der Waals surface area contributed by atoms with Crippen LogP contribution in [0.1, 0.15) is 6.92 Å². The van der Waals surface area contributed by atoms with Crippen LogP contribution in [0.15, 0.2) is 12.2 Å². The van der Waals surface area contributed by atoms with Crippen LogP contribution in [-0.2, 0) is 14.8 Å². The van der Waals surface area contributed by atoms with Crippen molar-refractivity contribution in [3.63, 3.8) is 0 Å². The Labute approximate surface area is 91.9 Å². The minimum atomic E-state index is -3.16. The van der Waals surface area contributed by atoms with Crippen molar-refractivity contribution in [2.75, 3.05) is 39.1 Å². The summed E-state index contributed by atoms with van der Waals surface area (Å²) in [5, 5.41) is 2.78. The summed E-state index contributed by atoms with van der Waals surface area (Å²) in [5.41, 5.74) is 0.924. The van der Waals surface area contributed by atoms with Crippen LogP contribution in [0.4, 0.5) is 0 Å². The molecule has 0 radical (unpaired) electrons. The molecule has 0 amide bonds. The van der Waals surface area contributed by atoms with Crippen molar-refractivity contribution in [1.82, 2.24) is 10.0 Å². The molecule has 0 unspecified atom stereocenters. The molecule has 0 aliphatic rings. The van der Waals surface area contributed by atoms with Gasteiger partial charge in [-0.25, -0.2) is 13.1 Å². The topological polar surface area (TPSA) is 67.4 Å². The first-order valence-electron chi connectivity index (χ1n) is 4.82. The lowest BCUT2D eigenvalue weighted by molar-refractivity contribution is 0.162. The van der Waals surface area contributed by atoms with E-state index in [0.717, 1.165) is 5.57 Å². The van der Waals surface area contributed by atoms with Gasteiger partial charge < -0.3 is 10.1 Å². The van der Waals surface area contributed by atoms with Gasteiger partial charge in [0.15, 0.2) is 0 Å². The summed E-state index contributed by atoms with van der Waals surface area (Å²) in [7, 11) is -1.45. The molecule has 90 valence electrons. The summed E-state index contributed by atoms with van der Waals surface area (Å²) in [6.07, 6.45) is 0. The number of hydrogen-bond acceptors (Lipinski definition) is 4. The van der Waals surface area contributed by atoms with Gasteiger partial charge in [0.1, 0.15) is 0 Å². The first-order chi connectivity index (χ1) is 6.98. The molecule has 0 aromatic carbocycles. The number of nitrogens with one attached hydrogen (secondary N) is 2. The maximum Gasteiger partial charge on any atom is 0.212 e. The van der Waals surface area contributed by atoms with Crippen LogP contribution >= 0.6 is 0 Å². The van der Waals surface area contributed by atoms with Gasteiger partial charge in [-0.3, -0.25) is 0 Å². The SMILES string of the molecule is C=C(C)COCCNS(=O)(=O)CCNC.